The fourth-order valence-electron chi connectivity index (χ4n) is 2.54. The van der Waals surface area contributed by atoms with Crippen LogP contribution in [-0.4, -0.2) is 70.1 Å². The third-order valence-corrected chi connectivity index (χ3v) is 3.92. The van der Waals surface area contributed by atoms with Gasteiger partial charge in [0.2, 0.25) is 0 Å². The van der Waals surface area contributed by atoms with E-state index in [4.69, 9.17) is 9.15 Å². The molecule has 3 heterocycles. The highest BCUT2D eigenvalue weighted by atomic mass is 16.5. The molecule has 0 spiro atoms. The van der Waals surface area contributed by atoms with Gasteiger partial charge in [0, 0.05) is 39.4 Å². The zero-order chi connectivity index (χ0) is 17.8. The van der Waals surface area contributed by atoms with Crippen LogP contribution in [-0.2, 0) is 16.6 Å². The third kappa shape index (κ3) is 3.87. The summed E-state index contributed by atoms with van der Waals surface area (Å²) in [7, 11) is 1.69. The topological polar surface area (TPSA) is 97.9 Å². The zero-order valence-electron chi connectivity index (χ0n) is 13.8. The lowest BCUT2D eigenvalue weighted by atomic mass is 10.3. The number of esters is 1. The van der Waals surface area contributed by atoms with E-state index in [2.05, 4.69) is 5.10 Å². The number of hydrogen-bond donors (Lipinski definition) is 0. The number of carbonyl (C=O) groups excluding carboxylic acids is 3. The Labute approximate surface area is 143 Å². The maximum atomic E-state index is 12.2. The standard InChI is InChI=1S/C16H18N4O5/c1-18-10-12(9-17-18)16(23)25-11-14(21)19-4-6-20(7-5-19)15(22)13-3-2-8-24-13/h2-3,8-10H,4-7,11H2,1H3. The van der Waals surface area contributed by atoms with E-state index in [9.17, 15) is 14.4 Å². The number of nitrogens with zero attached hydrogens (tertiary/aromatic N) is 4. The molecule has 0 aromatic carbocycles. The van der Waals surface area contributed by atoms with E-state index in [0.717, 1.165) is 0 Å². The molecule has 3 rings (SSSR count). The van der Waals surface area contributed by atoms with Crippen molar-refractivity contribution in [3.63, 3.8) is 0 Å². The lowest BCUT2D eigenvalue weighted by Gasteiger charge is -2.34. The monoisotopic (exact) mass is 346 g/mol. The minimum Gasteiger partial charge on any atom is -0.459 e. The van der Waals surface area contributed by atoms with E-state index in [0.29, 0.717) is 31.7 Å². The van der Waals surface area contributed by atoms with E-state index in [-0.39, 0.29) is 24.2 Å². The first-order valence-electron chi connectivity index (χ1n) is 7.81. The maximum absolute atomic E-state index is 12.2. The summed E-state index contributed by atoms with van der Waals surface area (Å²) in [6.45, 7) is 1.24. The molecule has 25 heavy (non-hydrogen) atoms. The molecule has 2 aromatic rings. The van der Waals surface area contributed by atoms with Crippen LogP contribution < -0.4 is 0 Å². The molecule has 0 aliphatic carbocycles. The lowest BCUT2D eigenvalue weighted by molar-refractivity contribution is -0.136. The van der Waals surface area contributed by atoms with Crippen molar-refractivity contribution in [1.82, 2.24) is 19.6 Å². The highest BCUT2D eigenvalue weighted by Crippen LogP contribution is 2.10. The molecule has 0 unspecified atom stereocenters. The Morgan fingerprint density at radius 2 is 1.92 bits per heavy atom. The van der Waals surface area contributed by atoms with Gasteiger partial charge in [0.1, 0.15) is 0 Å². The van der Waals surface area contributed by atoms with Crippen molar-refractivity contribution in [1.29, 1.82) is 0 Å². The Morgan fingerprint density at radius 1 is 1.20 bits per heavy atom. The zero-order valence-corrected chi connectivity index (χ0v) is 13.8. The summed E-state index contributed by atoms with van der Waals surface area (Å²) >= 11 is 0. The molecule has 0 N–H and O–H groups in total. The molecule has 132 valence electrons. The number of ether oxygens (including phenoxy) is 1. The first-order valence-corrected chi connectivity index (χ1v) is 7.81. The van der Waals surface area contributed by atoms with E-state index in [1.54, 1.807) is 29.0 Å². The number of aryl methyl sites for hydroxylation is 1. The Morgan fingerprint density at radius 3 is 2.52 bits per heavy atom. The van der Waals surface area contributed by atoms with E-state index in [1.165, 1.54) is 23.3 Å². The van der Waals surface area contributed by atoms with Gasteiger partial charge in [-0.3, -0.25) is 14.3 Å². The van der Waals surface area contributed by atoms with Crippen LogP contribution in [0.4, 0.5) is 0 Å². The van der Waals surface area contributed by atoms with E-state index in [1.807, 2.05) is 0 Å². The van der Waals surface area contributed by atoms with Crippen LogP contribution in [0.1, 0.15) is 20.9 Å². The first kappa shape index (κ1) is 16.7. The number of furan rings is 1. The fraction of sp³-hybridized carbons (Fsp3) is 0.375. The molecular formula is C16H18N4O5. The van der Waals surface area contributed by atoms with Crippen LogP contribution in [0.2, 0.25) is 0 Å². The molecule has 0 radical (unpaired) electrons. The van der Waals surface area contributed by atoms with Gasteiger partial charge in [-0.05, 0) is 12.1 Å². The normalized spacial score (nSPS) is 14.4. The van der Waals surface area contributed by atoms with Crippen LogP contribution in [0.25, 0.3) is 0 Å². The molecule has 1 fully saturated rings. The van der Waals surface area contributed by atoms with Crippen LogP contribution in [0.15, 0.2) is 35.2 Å². The van der Waals surface area contributed by atoms with Gasteiger partial charge in [0.05, 0.1) is 18.0 Å². The lowest BCUT2D eigenvalue weighted by Crippen LogP contribution is -2.51. The molecule has 0 bridgehead atoms. The minimum absolute atomic E-state index is 0.194. The maximum Gasteiger partial charge on any atom is 0.341 e. The minimum atomic E-state index is -0.590. The average molecular weight is 346 g/mol. The van der Waals surface area contributed by atoms with Crippen molar-refractivity contribution in [2.75, 3.05) is 32.8 Å². The van der Waals surface area contributed by atoms with Gasteiger partial charge in [-0.1, -0.05) is 0 Å². The molecule has 1 aliphatic heterocycles. The number of amides is 2. The number of carbonyl (C=O) groups is 3. The van der Waals surface area contributed by atoms with Crippen molar-refractivity contribution < 1.29 is 23.5 Å². The smallest absolute Gasteiger partial charge is 0.341 e. The summed E-state index contributed by atoms with van der Waals surface area (Å²) in [4.78, 5) is 39.3. The highest BCUT2D eigenvalue weighted by molar-refractivity contribution is 5.92. The summed E-state index contributed by atoms with van der Waals surface area (Å²) in [5.41, 5.74) is 0.296. The quantitative estimate of drug-likeness (QED) is 0.731. The number of aromatic nitrogens is 2. The van der Waals surface area contributed by atoms with Crippen molar-refractivity contribution in [2.24, 2.45) is 7.05 Å². The molecule has 9 heteroatoms. The van der Waals surface area contributed by atoms with Gasteiger partial charge in [0.25, 0.3) is 11.8 Å². The molecule has 1 aliphatic rings. The third-order valence-electron chi connectivity index (χ3n) is 3.92. The van der Waals surface area contributed by atoms with Gasteiger partial charge in [-0.25, -0.2) is 4.79 Å². The van der Waals surface area contributed by atoms with Crippen LogP contribution >= 0.6 is 0 Å². The molecular weight excluding hydrogens is 328 g/mol. The second kappa shape index (κ2) is 7.20. The molecule has 0 atom stereocenters. The van der Waals surface area contributed by atoms with Gasteiger partial charge in [0.15, 0.2) is 12.4 Å². The van der Waals surface area contributed by atoms with Gasteiger partial charge in [-0.15, -0.1) is 0 Å². The second-order valence-electron chi connectivity index (χ2n) is 5.63. The SMILES string of the molecule is Cn1cc(C(=O)OCC(=O)N2CCN(C(=O)c3ccco3)CC2)cn1. The first-order chi connectivity index (χ1) is 12.0. The molecule has 1 saturated heterocycles. The Balaban J connectivity index is 1.45. The number of piperazine rings is 1. The molecule has 2 amide bonds. The predicted octanol–water partition coefficient (Wildman–Crippen LogP) is 0.154. The molecule has 0 saturated carbocycles. The van der Waals surface area contributed by atoms with Crippen molar-refractivity contribution in [3.8, 4) is 0 Å². The van der Waals surface area contributed by atoms with Crippen LogP contribution in [0, 0.1) is 0 Å². The van der Waals surface area contributed by atoms with Crippen molar-refractivity contribution in [3.05, 3.63) is 42.1 Å². The van der Waals surface area contributed by atoms with Crippen LogP contribution in [0.3, 0.4) is 0 Å². The second-order valence-corrected chi connectivity index (χ2v) is 5.63. The summed E-state index contributed by atoms with van der Waals surface area (Å²) in [5, 5.41) is 3.88. The largest absolute Gasteiger partial charge is 0.459 e. The van der Waals surface area contributed by atoms with Crippen molar-refractivity contribution in [2.45, 2.75) is 0 Å². The number of rotatable bonds is 4. The summed E-state index contributed by atoms with van der Waals surface area (Å²) in [5.74, 6) is -0.791. The summed E-state index contributed by atoms with van der Waals surface area (Å²) in [6.07, 6.45) is 4.35. The average Bonchev–Trinajstić information content (AvgIpc) is 3.30. The van der Waals surface area contributed by atoms with Crippen molar-refractivity contribution >= 4 is 17.8 Å². The fourth-order valence-corrected chi connectivity index (χ4v) is 2.54. The Kier molecular flexibility index (Phi) is 4.82. The van der Waals surface area contributed by atoms with Gasteiger partial charge < -0.3 is 19.0 Å². The Bertz CT molecular complexity index is 759. The van der Waals surface area contributed by atoms with E-state index >= 15 is 0 Å². The van der Waals surface area contributed by atoms with Gasteiger partial charge >= 0.3 is 5.97 Å². The Hall–Kier alpha value is -3.10. The van der Waals surface area contributed by atoms with Crippen LogP contribution in [0.5, 0.6) is 0 Å². The van der Waals surface area contributed by atoms with E-state index < -0.39 is 5.97 Å². The number of hydrogen-bond acceptors (Lipinski definition) is 6. The molecule has 2 aromatic heterocycles. The molecule has 9 nitrogen and oxygen atoms in total. The predicted molar refractivity (Wildman–Crippen MR) is 84.7 cm³/mol. The van der Waals surface area contributed by atoms with Gasteiger partial charge in [-0.2, -0.15) is 5.10 Å². The summed E-state index contributed by atoms with van der Waals surface area (Å²) in [6, 6.07) is 3.27. The highest BCUT2D eigenvalue weighted by Gasteiger charge is 2.26. The summed E-state index contributed by atoms with van der Waals surface area (Å²) < 4.78 is 11.6.